The molecule has 0 radical (unpaired) electrons. The second kappa shape index (κ2) is 9.01. The Balaban J connectivity index is 1.59. The SMILES string of the molecule is Cc1cc2c(cnn2-c2ccc(F)cc2)cc1C1(Cc2cccc(C(F)(F)F)c2)CCN(C(C)O)C1. The Kier molecular flexibility index (Phi) is 6.12. The monoisotopic (exact) mass is 497 g/mol. The average Bonchev–Trinajstić information content (AvgIpc) is 3.44. The van der Waals surface area contributed by atoms with Crippen LogP contribution >= 0.6 is 0 Å². The topological polar surface area (TPSA) is 41.3 Å². The number of aromatic nitrogens is 2. The van der Waals surface area contributed by atoms with Gasteiger partial charge < -0.3 is 5.11 Å². The van der Waals surface area contributed by atoms with Crippen LogP contribution in [-0.4, -0.2) is 39.1 Å². The van der Waals surface area contributed by atoms with Gasteiger partial charge in [-0.25, -0.2) is 9.07 Å². The van der Waals surface area contributed by atoms with E-state index in [1.807, 2.05) is 17.9 Å². The van der Waals surface area contributed by atoms with Crippen molar-refractivity contribution in [3.05, 3.63) is 94.9 Å². The van der Waals surface area contributed by atoms with Gasteiger partial charge in [0.2, 0.25) is 0 Å². The third-order valence-corrected chi connectivity index (χ3v) is 7.27. The van der Waals surface area contributed by atoms with Crippen molar-refractivity contribution in [2.45, 2.75) is 44.5 Å². The van der Waals surface area contributed by atoms with Gasteiger partial charge in [0.15, 0.2) is 0 Å². The molecule has 1 aromatic heterocycles. The van der Waals surface area contributed by atoms with Gasteiger partial charge in [-0.2, -0.15) is 18.3 Å². The first-order valence-corrected chi connectivity index (χ1v) is 11.9. The van der Waals surface area contributed by atoms with Gasteiger partial charge >= 0.3 is 6.18 Å². The number of alkyl halides is 3. The normalized spacial score (nSPS) is 19.8. The Morgan fingerprint density at radius 1 is 1.08 bits per heavy atom. The summed E-state index contributed by atoms with van der Waals surface area (Å²) in [6.45, 7) is 4.88. The third-order valence-electron chi connectivity index (χ3n) is 7.27. The molecule has 1 aliphatic rings. The summed E-state index contributed by atoms with van der Waals surface area (Å²) in [5, 5.41) is 15.7. The molecule has 3 aromatic carbocycles. The summed E-state index contributed by atoms with van der Waals surface area (Å²) in [6, 6.07) is 15.7. The minimum Gasteiger partial charge on any atom is -0.379 e. The Hall–Kier alpha value is -3.23. The first-order chi connectivity index (χ1) is 17.1. The molecule has 1 fully saturated rings. The Labute approximate surface area is 206 Å². The van der Waals surface area contributed by atoms with E-state index in [2.05, 4.69) is 11.2 Å². The standard InChI is InChI=1S/C28H27F4N3O/c1-18-12-26-21(16-33-35(26)24-8-6-23(29)7-9-24)14-25(18)27(10-11-34(17-27)19(2)36)15-20-4-3-5-22(13-20)28(30,31)32/h3-9,12-14,16,19,36H,10-11,15,17H2,1-2H3. The zero-order chi connectivity index (χ0) is 25.7. The molecule has 4 nitrogen and oxygen atoms in total. The summed E-state index contributed by atoms with van der Waals surface area (Å²) >= 11 is 0. The fourth-order valence-corrected chi connectivity index (χ4v) is 5.47. The molecule has 0 amide bonds. The van der Waals surface area contributed by atoms with Crippen molar-refractivity contribution >= 4 is 10.9 Å². The molecule has 5 rings (SSSR count). The summed E-state index contributed by atoms with van der Waals surface area (Å²) in [5.74, 6) is -0.325. The van der Waals surface area contributed by atoms with Crippen molar-refractivity contribution < 1.29 is 22.7 Å². The van der Waals surface area contributed by atoms with Crippen molar-refractivity contribution in [2.75, 3.05) is 13.1 Å². The summed E-state index contributed by atoms with van der Waals surface area (Å²) in [4.78, 5) is 1.96. The van der Waals surface area contributed by atoms with Crippen LogP contribution in [0.25, 0.3) is 16.6 Å². The smallest absolute Gasteiger partial charge is 0.379 e. The molecule has 1 saturated heterocycles. The van der Waals surface area contributed by atoms with Crippen molar-refractivity contribution in [3.63, 3.8) is 0 Å². The summed E-state index contributed by atoms with van der Waals surface area (Å²) in [5.41, 5.74) is 3.10. The maximum atomic E-state index is 13.4. The number of fused-ring (bicyclic) bond motifs is 1. The van der Waals surface area contributed by atoms with Gasteiger partial charge in [-0.3, -0.25) is 4.90 Å². The van der Waals surface area contributed by atoms with Gasteiger partial charge in [-0.1, -0.05) is 18.2 Å². The van der Waals surface area contributed by atoms with Gasteiger partial charge in [0.05, 0.1) is 23.0 Å². The molecule has 0 bridgehead atoms. The minimum atomic E-state index is -4.41. The van der Waals surface area contributed by atoms with E-state index in [1.54, 1.807) is 36.0 Å². The van der Waals surface area contributed by atoms with Gasteiger partial charge in [0.1, 0.15) is 12.0 Å². The molecule has 4 aromatic rings. The van der Waals surface area contributed by atoms with Crippen LogP contribution in [0.15, 0.2) is 66.9 Å². The predicted molar refractivity (Wildman–Crippen MR) is 130 cm³/mol. The van der Waals surface area contributed by atoms with E-state index in [0.717, 1.165) is 33.8 Å². The van der Waals surface area contributed by atoms with Gasteiger partial charge in [-0.15, -0.1) is 0 Å². The van der Waals surface area contributed by atoms with E-state index in [-0.39, 0.29) is 5.82 Å². The fraction of sp³-hybridized carbons (Fsp3) is 0.321. The molecule has 1 aliphatic heterocycles. The highest BCUT2D eigenvalue weighted by molar-refractivity contribution is 5.82. The average molecular weight is 498 g/mol. The summed E-state index contributed by atoms with van der Waals surface area (Å²) in [6.07, 6.45) is -2.20. The minimum absolute atomic E-state index is 0.325. The van der Waals surface area contributed by atoms with E-state index in [0.29, 0.717) is 31.5 Å². The molecule has 2 heterocycles. The lowest BCUT2D eigenvalue weighted by atomic mass is 9.72. The molecule has 0 saturated carbocycles. The fourth-order valence-electron chi connectivity index (χ4n) is 5.47. The highest BCUT2D eigenvalue weighted by Crippen LogP contribution is 2.42. The van der Waals surface area contributed by atoms with E-state index in [1.165, 1.54) is 24.3 Å². The van der Waals surface area contributed by atoms with Gasteiger partial charge in [0.25, 0.3) is 0 Å². The Bertz CT molecular complexity index is 1390. The lowest BCUT2D eigenvalue weighted by Gasteiger charge is -2.33. The first kappa shape index (κ1) is 24.5. The number of benzene rings is 3. The quantitative estimate of drug-likeness (QED) is 0.343. The second-order valence-corrected chi connectivity index (χ2v) is 9.77. The number of aryl methyl sites for hydroxylation is 1. The molecular weight excluding hydrogens is 470 g/mol. The highest BCUT2D eigenvalue weighted by Gasteiger charge is 2.42. The lowest BCUT2D eigenvalue weighted by Crippen LogP contribution is -2.37. The molecule has 0 aliphatic carbocycles. The number of likely N-dealkylation sites (tertiary alicyclic amines) is 1. The van der Waals surface area contributed by atoms with Crippen LogP contribution in [-0.2, 0) is 18.0 Å². The maximum absolute atomic E-state index is 13.4. The molecule has 36 heavy (non-hydrogen) atoms. The maximum Gasteiger partial charge on any atom is 0.416 e. The van der Waals surface area contributed by atoms with E-state index in [9.17, 15) is 22.7 Å². The zero-order valence-electron chi connectivity index (χ0n) is 20.1. The molecule has 8 heteroatoms. The van der Waals surface area contributed by atoms with Crippen molar-refractivity contribution in [1.29, 1.82) is 0 Å². The molecule has 2 atom stereocenters. The van der Waals surface area contributed by atoms with E-state index in [4.69, 9.17) is 0 Å². The second-order valence-electron chi connectivity index (χ2n) is 9.77. The number of halogens is 4. The number of hydrogen-bond acceptors (Lipinski definition) is 3. The van der Waals surface area contributed by atoms with Crippen LogP contribution in [0.5, 0.6) is 0 Å². The summed E-state index contributed by atoms with van der Waals surface area (Å²) < 4.78 is 55.4. The molecule has 1 N–H and O–H groups in total. The van der Waals surface area contributed by atoms with Gasteiger partial charge in [0, 0.05) is 23.9 Å². The van der Waals surface area contributed by atoms with Crippen LogP contribution < -0.4 is 0 Å². The van der Waals surface area contributed by atoms with Crippen LogP contribution in [0.3, 0.4) is 0 Å². The van der Waals surface area contributed by atoms with Crippen LogP contribution in [0.2, 0.25) is 0 Å². The largest absolute Gasteiger partial charge is 0.416 e. The molecule has 2 unspecified atom stereocenters. The predicted octanol–water partition coefficient (Wildman–Crippen LogP) is 6.02. The molecular formula is C28H27F4N3O. The number of aliphatic hydroxyl groups excluding tert-OH is 1. The third kappa shape index (κ3) is 4.51. The van der Waals surface area contributed by atoms with Crippen molar-refractivity contribution in [3.8, 4) is 5.69 Å². The van der Waals surface area contributed by atoms with Crippen LogP contribution in [0.1, 0.15) is 35.6 Å². The van der Waals surface area contributed by atoms with E-state index < -0.39 is 23.4 Å². The van der Waals surface area contributed by atoms with Crippen molar-refractivity contribution in [2.24, 2.45) is 0 Å². The van der Waals surface area contributed by atoms with Crippen LogP contribution in [0.4, 0.5) is 17.6 Å². The molecule has 188 valence electrons. The number of rotatable bonds is 5. The molecule has 0 spiro atoms. The highest BCUT2D eigenvalue weighted by atomic mass is 19.4. The lowest BCUT2D eigenvalue weighted by molar-refractivity contribution is -0.137. The Morgan fingerprint density at radius 2 is 1.83 bits per heavy atom. The Morgan fingerprint density at radius 3 is 2.50 bits per heavy atom. The van der Waals surface area contributed by atoms with Crippen LogP contribution in [0, 0.1) is 12.7 Å². The van der Waals surface area contributed by atoms with Crippen molar-refractivity contribution in [1.82, 2.24) is 14.7 Å². The number of aliphatic hydroxyl groups is 1. The zero-order valence-corrected chi connectivity index (χ0v) is 20.1. The van der Waals surface area contributed by atoms with Gasteiger partial charge in [-0.05, 0) is 85.8 Å². The summed E-state index contributed by atoms with van der Waals surface area (Å²) in [7, 11) is 0. The number of hydrogen-bond donors (Lipinski definition) is 1. The van der Waals surface area contributed by atoms with E-state index >= 15 is 0 Å². The number of nitrogens with zero attached hydrogens (tertiary/aromatic N) is 3. The first-order valence-electron chi connectivity index (χ1n) is 11.9.